The summed E-state index contributed by atoms with van der Waals surface area (Å²) in [6.07, 6.45) is 3.50. The summed E-state index contributed by atoms with van der Waals surface area (Å²) in [6.45, 7) is 9.83. The molecule has 32 heavy (non-hydrogen) atoms. The molecule has 3 aliphatic heterocycles. The fourth-order valence-corrected chi connectivity index (χ4v) is 5.22. The Morgan fingerprint density at radius 1 is 1.12 bits per heavy atom. The van der Waals surface area contributed by atoms with Gasteiger partial charge < -0.3 is 9.64 Å². The van der Waals surface area contributed by atoms with Crippen LogP contribution in [0.15, 0.2) is 18.2 Å². The quantitative estimate of drug-likeness (QED) is 0.708. The van der Waals surface area contributed by atoms with Gasteiger partial charge in [-0.2, -0.15) is 0 Å². The SMILES string of the molecule is CC(C)(C)CC(=O)CN1CCC(c2cccc3c2OCCN3C2CCC(=O)NC2=O)CC1. The Morgan fingerprint density at radius 2 is 1.88 bits per heavy atom. The molecule has 3 heterocycles. The first-order chi connectivity index (χ1) is 15.2. The Kier molecular flexibility index (Phi) is 6.56. The van der Waals surface area contributed by atoms with E-state index in [1.165, 1.54) is 5.56 Å². The van der Waals surface area contributed by atoms with Gasteiger partial charge in [-0.1, -0.05) is 32.9 Å². The number of anilines is 1. The smallest absolute Gasteiger partial charge is 0.249 e. The van der Waals surface area contributed by atoms with Crippen LogP contribution in [-0.4, -0.2) is 61.3 Å². The van der Waals surface area contributed by atoms with E-state index in [0.717, 1.165) is 37.4 Å². The number of hydrogen-bond donors (Lipinski definition) is 1. The lowest BCUT2D eigenvalue weighted by Gasteiger charge is -2.40. The zero-order valence-electron chi connectivity index (χ0n) is 19.5. The molecule has 2 saturated heterocycles. The largest absolute Gasteiger partial charge is 0.489 e. The number of ketones is 1. The van der Waals surface area contributed by atoms with Crippen molar-refractivity contribution in [3.05, 3.63) is 23.8 Å². The first kappa shape index (κ1) is 22.8. The molecular weight excluding hydrogens is 406 g/mol. The van der Waals surface area contributed by atoms with Gasteiger partial charge in [0.1, 0.15) is 24.2 Å². The molecule has 1 N–H and O–H groups in total. The third-order valence-corrected chi connectivity index (χ3v) is 6.65. The third kappa shape index (κ3) is 5.14. The maximum atomic E-state index is 12.5. The highest BCUT2D eigenvalue weighted by molar-refractivity contribution is 6.02. The van der Waals surface area contributed by atoms with Gasteiger partial charge in [0.2, 0.25) is 11.8 Å². The van der Waals surface area contributed by atoms with Crippen molar-refractivity contribution >= 4 is 23.3 Å². The number of fused-ring (bicyclic) bond motifs is 1. The lowest BCUT2D eigenvalue weighted by Crippen LogP contribution is -2.54. The van der Waals surface area contributed by atoms with Crippen molar-refractivity contribution in [3.63, 3.8) is 0 Å². The highest BCUT2D eigenvalue weighted by atomic mass is 16.5. The number of benzene rings is 1. The highest BCUT2D eigenvalue weighted by Crippen LogP contribution is 2.43. The number of piperidine rings is 2. The van der Waals surface area contributed by atoms with Crippen LogP contribution in [0.3, 0.4) is 0 Å². The van der Waals surface area contributed by atoms with Gasteiger partial charge in [-0.15, -0.1) is 0 Å². The van der Waals surface area contributed by atoms with E-state index in [0.29, 0.717) is 50.7 Å². The van der Waals surface area contributed by atoms with Crippen LogP contribution in [-0.2, 0) is 14.4 Å². The summed E-state index contributed by atoms with van der Waals surface area (Å²) in [4.78, 5) is 40.8. The van der Waals surface area contributed by atoms with Gasteiger partial charge in [0.05, 0.1) is 18.8 Å². The zero-order valence-corrected chi connectivity index (χ0v) is 19.5. The van der Waals surface area contributed by atoms with Crippen LogP contribution in [0.4, 0.5) is 5.69 Å². The molecule has 7 heteroatoms. The molecule has 2 fully saturated rings. The summed E-state index contributed by atoms with van der Waals surface area (Å²) in [6, 6.07) is 5.86. The van der Waals surface area contributed by atoms with Crippen LogP contribution < -0.4 is 15.0 Å². The number of hydrogen-bond acceptors (Lipinski definition) is 6. The summed E-state index contributed by atoms with van der Waals surface area (Å²) in [7, 11) is 0. The standard InChI is InChI=1S/C25H35N3O4/c1-25(2,3)15-18(29)16-27-11-9-17(10-12-27)19-5-4-6-20-23(19)32-14-13-28(20)21-7-8-22(30)26-24(21)31/h4-6,17,21H,7-16H2,1-3H3,(H,26,30,31). The van der Waals surface area contributed by atoms with E-state index in [2.05, 4.69) is 42.0 Å². The Labute approximate surface area is 190 Å². The van der Waals surface area contributed by atoms with Gasteiger partial charge >= 0.3 is 0 Å². The molecule has 1 atom stereocenters. The number of nitrogens with one attached hydrogen (secondary N) is 1. The van der Waals surface area contributed by atoms with Crippen LogP contribution in [0.2, 0.25) is 0 Å². The molecule has 2 amide bonds. The predicted molar refractivity (Wildman–Crippen MR) is 123 cm³/mol. The fourth-order valence-electron chi connectivity index (χ4n) is 5.22. The average molecular weight is 442 g/mol. The first-order valence-corrected chi connectivity index (χ1v) is 11.8. The van der Waals surface area contributed by atoms with E-state index in [1.54, 1.807) is 0 Å². The van der Waals surface area contributed by atoms with Crippen molar-refractivity contribution < 1.29 is 19.1 Å². The normalized spacial score (nSPS) is 22.8. The van der Waals surface area contributed by atoms with E-state index in [1.807, 2.05) is 12.1 Å². The molecule has 0 bridgehead atoms. The molecule has 4 rings (SSSR count). The highest BCUT2D eigenvalue weighted by Gasteiger charge is 2.36. The van der Waals surface area contributed by atoms with Crippen LogP contribution in [0.25, 0.3) is 0 Å². The zero-order chi connectivity index (χ0) is 22.9. The Bertz CT molecular complexity index is 884. The lowest BCUT2D eigenvalue weighted by atomic mass is 9.87. The molecule has 174 valence electrons. The first-order valence-electron chi connectivity index (χ1n) is 11.8. The molecule has 3 aliphatic rings. The number of Topliss-reactive ketones (excluding diaryl/α,β-unsaturated/α-hetero) is 1. The minimum Gasteiger partial charge on any atom is -0.489 e. The summed E-state index contributed by atoms with van der Waals surface area (Å²) in [5.41, 5.74) is 2.18. The molecule has 0 saturated carbocycles. The number of imide groups is 1. The summed E-state index contributed by atoms with van der Waals surface area (Å²) >= 11 is 0. The molecule has 0 aliphatic carbocycles. The molecule has 1 unspecified atom stereocenters. The van der Waals surface area contributed by atoms with Crippen molar-refractivity contribution in [1.82, 2.24) is 10.2 Å². The van der Waals surface area contributed by atoms with Gasteiger partial charge in [-0.25, -0.2) is 0 Å². The monoisotopic (exact) mass is 441 g/mol. The maximum absolute atomic E-state index is 12.5. The van der Waals surface area contributed by atoms with Crippen LogP contribution in [0.1, 0.15) is 64.4 Å². The second kappa shape index (κ2) is 9.22. The molecule has 7 nitrogen and oxygen atoms in total. The molecule has 0 aromatic heterocycles. The van der Waals surface area contributed by atoms with Crippen molar-refractivity contribution in [1.29, 1.82) is 0 Å². The minimum absolute atomic E-state index is 0.0320. The third-order valence-electron chi connectivity index (χ3n) is 6.65. The molecule has 0 spiro atoms. The second-order valence-electron chi connectivity index (χ2n) is 10.5. The summed E-state index contributed by atoms with van der Waals surface area (Å²) in [5, 5.41) is 2.48. The van der Waals surface area contributed by atoms with E-state index in [-0.39, 0.29) is 23.3 Å². The fraction of sp³-hybridized carbons (Fsp3) is 0.640. The summed E-state index contributed by atoms with van der Waals surface area (Å²) in [5.74, 6) is 1.16. The molecule has 1 aromatic rings. The minimum atomic E-state index is -0.332. The van der Waals surface area contributed by atoms with E-state index >= 15 is 0 Å². The topological polar surface area (TPSA) is 79.0 Å². The number of para-hydroxylation sites is 1. The van der Waals surface area contributed by atoms with Crippen molar-refractivity contribution in [2.75, 3.05) is 37.7 Å². The molecule has 0 radical (unpaired) electrons. The number of rotatable bonds is 5. The Hall–Kier alpha value is -2.41. The van der Waals surface area contributed by atoms with Crippen LogP contribution in [0.5, 0.6) is 5.75 Å². The van der Waals surface area contributed by atoms with Crippen molar-refractivity contribution in [3.8, 4) is 5.75 Å². The lowest BCUT2D eigenvalue weighted by molar-refractivity contribution is -0.134. The van der Waals surface area contributed by atoms with E-state index < -0.39 is 0 Å². The Morgan fingerprint density at radius 3 is 2.56 bits per heavy atom. The number of amides is 2. The Balaban J connectivity index is 1.43. The van der Waals surface area contributed by atoms with Gasteiger partial charge in [0, 0.05) is 12.8 Å². The molecular formula is C25H35N3O4. The summed E-state index contributed by atoms with van der Waals surface area (Å²) < 4.78 is 6.12. The number of carbonyl (C=O) groups is 3. The number of carbonyl (C=O) groups excluding carboxylic acids is 3. The second-order valence-corrected chi connectivity index (χ2v) is 10.5. The van der Waals surface area contributed by atoms with Gasteiger partial charge in [0.15, 0.2) is 0 Å². The van der Waals surface area contributed by atoms with Crippen LogP contribution >= 0.6 is 0 Å². The van der Waals surface area contributed by atoms with Crippen LogP contribution in [0, 0.1) is 5.41 Å². The number of nitrogens with zero attached hydrogens (tertiary/aromatic N) is 2. The van der Waals surface area contributed by atoms with Crippen molar-refractivity contribution in [2.24, 2.45) is 5.41 Å². The average Bonchev–Trinajstić information content (AvgIpc) is 2.72. The van der Waals surface area contributed by atoms with E-state index in [9.17, 15) is 14.4 Å². The van der Waals surface area contributed by atoms with Gasteiger partial charge in [0.25, 0.3) is 0 Å². The maximum Gasteiger partial charge on any atom is 0.249 e. The predicted octanol–water partition coefficient (Wildman–Crippen LogP) is 2.88. The van der Waals surface area contributed by atoms with Gasteiger partial charge in [-0.05, 0) is 55.3 Å². The number of ether oxygens (including phenoxy) is 1. The van der Waals surface area contributed by atoms with E-state index in [4.69, 9.17) is 4.74 Å². The van der Waals surface area contributed by atoms with Crippen molar-refractivity contribution in [2.45, 2.75) is 64.8 Å². The van der Waals surface area contributed by atoms with Gasteiger partial charge in [-0.3, -0.25) is 24.6 Å². The number of likely N-dealkylation sites (tertiary alicyclic amines) is 1. The molecule has 1 aromatic carbocycles.